The van der Waals surface area contributed by atoms with Gasteiger partial charge in [0.1, 0.15) is 4.88 Å². The van der Waals surface area contributed by atoms with E-state index in [2.05, 4.69) is 10.2 Å². The largest absolute Gasteiger partial charge is 0.397 e. The zero-order chi connectivity index (χ0) is 14.5. The van der Waals surface area contributed by atoms with Gasteiger partial charge in [0.05, 0.1) is 10.7 Å². The Morgan fingerprint density at radius 1 is 1.40 bits per heavy atom. The van der Waals surface area contributed by atoms with Gasteiger partial charge in [-0.25, -0.2) is 0 Å². The maximum atomic E-state index is 11.9. The summed E-state index contributed by atoms with van der Waals surface area (Å²) < 4.78 is 0. The van der Waals surface area contributed by atoms with Gasteiger partial charge in [-0.05, 0) is 32.0 Å². The minimum absolute atomic E-state index is 0.0309. The van der Waals surface area contributed by atoms with Gasteiger partial charge in [-0.3, -0.25) is 4.79 Å². The molecule has 20 heavy (non-hydrogen) atoms. The summed E-state index contributed by atoms with van der Waals surface area (Å²) >= 11 is 1.44. The number of piperidine rings is 1. The molecule has 2 heterocycles. The molecule has 1 aliphatic rings. The number of amides is 1. The van der Waals surface area contributed by atoms with Crippen molar-refractivity contribution in [3.05, 3.63) is 10.9 Å². The predicted molar refractivity (Wildman–Crippen MR) is 85.5 cm³/mol. The summed E-state index contributed by atoms with van der Waals surface area (Å²) in [5.41, 5.74) is 6.47. The molecule has 2 rings (SSSR count). The SMILES string of the molecule is CN(C)C(=O)c1sc(NCCN2CCCCC2)cc1N. The van der Waals surface area contributed by atoms with E-state index in [1.165, 1.54) is 43.7 Å². The molecule has 0 saturated carbocycles. The van der Waals surface area contributed by atoms with Gasteiger partial charge in [-0.15, -0.1) is 11.3 Å². The van der Waals surface area contributed by atoms with Crippen molar-refractivity contribution in [2.24, 2.45) is 0 Å². The van der Waals surface area contributed by atoms with Gasteiger partial charge in [-0.1, -0.05) is 6.42 Å². The third-order valence-corrected chi connectivity index (χ3v) is 4.63. The Labute approximate surface area is 124 Å². The number of nitrogen functional groups attached to an aromatic ring is 1. The number of nitrogens with zero attached hydrogens (tertiary/aromatic N) is 2. The lowest BCUT2D eigenvalue weighted by atomic mass is 10.1. The van der Waals surface area contributed by atoms with Crippen molar-refractivity contribution in [2.45, 2.75) is 19.3 Å². The molecule has 5 nitrogen and oxygen atoms in total. The van der Waals surface area contributed by atoms with Crippen LogP contribution in [0, 0.1) is 0 Å². The van der Waals surface area contributed by atoms with Crippen LogP contribution in [0.1, 0.15) is 28.9 Å². The molecule has 0 spiro atoms. The minimum atomic E-state index is -0.0309. The first-order valence-corrected chi connectivity index (χ1v) is 7.97. The Kier molecular flexibility index (Phi) is 5.25. The van der Waals surface area contributed by atoms with Crippen molar-refractivity contribution < 1.29 is 4.79 Å². The molecule has 0 bridgehead atoms. The van der Waals surface area contributed by atoms with Crippen molar-refractivity contribution in [1.82, 2.24) is 9.80 Å². The number of rotatable bonds is 5. The topological polar surface area (TPSA) is 61.6 Å². The third kappa shape index (κ3) is 3.86. The minimum Gasteiger partial charge on any atom is -0.397 e. The maximum Gasteiger partial charge on any atom is 0.265 e. The molecular weight excluding hydrogens is 272 g/mol. The van der Waals surface area contributed by atoms with Crippen LogP contribution in [-0.4, -0.2) is 56.0 Å². The lowest BCUT2D eigenvalue weighted by Gasteiger charge is -2.26. The van der Waals surface area contributed by atoms with E-state index >= 15 is 0 Å². The number of hydrogen-bond donors (Lipinski definition) is 2. The van der Waals surface area contributed by atoms with Gasteiger partial charge >= 0.3 is 0 Å². The third-order valence-electron chi connectivity index (χ3n) is 3.54. The summed E-state index contributed by atoms with van der Waals surface area (Å²) in [4.78, 5) is 16.6. The number of nitrogens with one attached hydrogen (secondary N) is 1. The van der Waals surface area contributed by atoms with Crippen LogP contribution in [0.25, 0.3) is 0 Å². The quantitative estimate of drug-likeness (QED) is 0.871. The second-order valence-electron chi connectivity index (χ2n) is 5.42. The summed E-state index contributed by atoms with van der Waals surface area (Å²) in [6.07, 6.45) is 3.99. The Morgan fingerprint density at radius 2 is 2.10 bits per heavy atom. The summed E-state index contributed by atoms with van der Waals surface area (Å²) in [6, 6.07) is 1.86. The van der Waals surface area contributed by atoms with Crippen molar-refractivity contribution >= 4 is 27.9 Å². The van der Waals surface area contributed by atoms with Crippen molar-refractivity contribution in [1.29, 1.82) is 0 Å². The molecule has 0 aliphatic carbocycles. The smallest absolute Gasteiger partial charge is 0.265 e. The van der Waals surface area contributed by atoms with E-state index in [1.54, 1.807) is 19.0 Å². The first-order chi connectivity index (χ1) is 9.58. The van der Waals surface area contributed by atoms with E-state index < -0.39 is 0 Å². The molecule has 3 N–H and O–H groups in total. The average molecular weight is 296 g/mol. The van der Waals surface area contributed by atoms with Gasteiger partial charge in [0.2, 0.25) is 0 Å². The summed E-state index contributed by atoms with van der Waals surface area (Å²) in [5, 5.41) is 4.35. The highest BCUT2D eigenvalue weighted by Gasteiger charge is 2.16. The van der Waals surface area contributed by atoms with E-state index in [4.69, 9.17) is 5.73 Å². The second kappa shape index (κ2) is 6.95. The van der Waals surface area contributed by atoms with Crippen LogP contribution in [0.4, 0.5) is 10.7 Å². The van der Waals surface area contributed by atoms with E-state index in [9.17, 15) is 4.79 Å². The molecule has 1 saturated heterocycles. The standard InChI is InChI=1S/C14H24N4OS/c1-17(2)14(19)13-11(15)10-12(20-13)16-6-9-18-7-4-3-5-8-18/h10,16H,3-9,15H2,1-2H3. The van der Waals surface area contributed by atoms with Crippen molar-refractivity contribution in [2.75, 3.05) is 51.3 Å². The molecule has 1 aromatic rings. The fraction of sp³-hybridized carbons (Fsp3) is 0.643. The molecule has 0 atom stereocenters. The molecule has 1 aromatic heterocycles. The molecular formula is C14H24N4OS. The lowest BCUT2D eigenvalue weighted by molar-refractivity contribution is 0.0833. The average Bonchev–Trinajstić information content (AvgIpc) is 2.80. The summed E-state index contributed by atoms with van der Waals surface area (Å²) in [7, 11) is 3.48. The second-order valence-corrected chi connectivity index (χ2v) is 6.48. The molecule has 0 unspecified atom stereocenters. The first kappa shape index (κ1) is 15.1. The van der Waals surface area contributed by atoms with E-state index in [1.807, 2.05) is 6.07 Å². The Hall–Kier alpha value is -1.27. The van der Waals surface area contributed by atoms with Crippen LogP contribution in [0.5, 0.6) is 0 Å². The molecule has 0 aromatic carbocycles. The zero-order valence-corrected chi connectivity index (χ0v) is 13.1. The number of anilines is 2. The van der Waals surface area contributed by atoms with Crippen LogP contribution in [-0.2, 0) is 0 Å². The molecule has 1 fully saturated rings. The molecule has 0 radical (unpaired) electrons. The van der Waals surface area contributed by atoms with Gasteiger partial charge in [0.15, 0.2) is 0 Å². The fourth-order valence-corrected chi connectivity index (χ4v) is 3.41. The molecule has 112 valence electrons. The van der Waals surface area contributed by atoms with Crippen LogP contribution in [0.2, 0.25) is 0 Å². The molecule has 1 amide bonds. The summed E-state index contributed by atoms with van der Waals surface area (Å²) in [6.45, 7) is 4.36. The highest BCUT2D eigenvalue weighted by molar-refractivity contribution is 7.18. The summed E-state index contributed by atoms with van der Waals surface area (Å²) in [5.74, 6) is -0.0309. The number of hydrogen-bond acceptors (Lipinski definition) is 5. The number of carbonyl (C=O) groups excluding carboxylic acids is 1. The van der Waals surface area contributed by atoms with Crippen molar-refractivity contribution in [3.8, 4) is 0 Å². The number of nitrogens with two attached hydrogens (primary N) is 1. The Balaban J connectivity index is 1.84. The predicted octanol–water partition coefficient (Wildman–Crippen LogP) is 1.93. The highest BCUT2D eigenvalue weighted by Crippen LogP contribution is 2.29. The maximum absolute atomic E-state index is 11.9. The highest BCUT2D eigenvalue weighted by atomic mass is 32.1. The normalized spacial score (nSPS) is 16.1. The van der Waals surface area contributed by atoms with Gasteiger partial charge < -0.3 is 20.9 Å². The number of thiophene rings is 1. The zero-order valence-electron chi connectivity index (χ0n) is 12.3. The van der Waals surface area contributed by atoms with Crippen LogP contribution < -0.4 is 11.1 Å². The van der Waals surface area contributed by atoms with Gasteiger partial charge in [0, 0.05) is 27.2 Å². The Bertz CT molecular complexity index is 452. The first-order valence-electron chi connectivity index (χ1n) is 7.15. The van der Waals surface area contributed by atoms with Crippen LogP contribution in [0.15, 0.2) is 6.07 Å². The van der Waals surface area contributed by atoms with Crippen molar-refractivity contribution in [3.63, 3.8) is 0 Å². The Morgan fingerprint density at radius 3 is 2.75 bits per heavy atom. The monoisotopic (exact) mass is 296 g/mol. The van der Waals surface area contributed by atoms with Gasteiger partial charge in [0.25, 0.3) is 5.91 Å². The van der Waals surface area contributed by atoms with Gasteiger partial charge in [-0.2, -0.15) is 0 Å². The van der Waals surface area contributed by atoms with Crippen LogP contribution >= 0.6 is 11.3 Å². The molecule has 6 heteroatoms. The van der Waals surface area contributed by atoms with E-state index in [0.717, 1.165) is 18.1 Å². The number of carbonyl (C=O) groups is 1. The molecule has 1 aliphatic heterocycles. The van der Waals surface area contributed by atoms with Crippen LogP contribution in [0.3, 0.4) is 0 Å². The lowest BCUT2D eigenvalue weighted by Crippen LogP contribution is -2.33. The fourth-order valence-electron chi connectivity index (χ4n) is 2.38. The number of likely N-dealkylation sites (tertiary alicyclic amines) is 1. The van der Waals surface area contributed by atoms with E-state index in [-0.39, 0.29) is 5.91 Å². The van der Waals surface area contributed by atoms with E-state index in [0.29, 0.717) is 10.6 Å².